The van der Waals surface area contributed by atoms with Gasteiger partial charge in [0.05, 0.1) is 25.4 Å². The molecule has 0 saturated carbocycles. The number of carbonyl (C=O) groups is 2. The highest BCUT2D eigenvalue weighted by Gasteiger charge is 2.18. The van der Waals surface area contributed by atoms with Crippen LogP contribution in [0.3, 0.4) is 0 Å². The van der Waals surface area contributed by atoms with E-state index in [1.807, 2.05) is 6.08 Å². The largest absolute Gasteiger partial charge is 0.466 e. The average Bonchev–Trinajstić information content (AvgIpc) is 3.50. The first-order valence-corrected chi connectivity index (χ1v) is 38.8. The summed E-state index contributed by atoms with van der Waals surface area (Å²) >= 11 is 0. The second-order valence-corrected chi connectivity index (χ2v) is 26.7. The number of hydrogen-bond donors (Lipinski definition) is 3. The topological polar surface area (TPSA) is 95.9 Å². The maximum Gasteiger partial charge on any atom is 0.305 e. The van der Waals surface area contributed by atoms with Gasteiger partial charge in [0.1, 0.15) is 0 Å². The van der Waals surface area contributed by atoms with E-state index in [0.717, 1.165) is 51.4 Å². The Balaban J connectivity index is 3.36. The summed E-state index contributed by atoms with van der Waals surface area (Å²) in [6, 6.07) is -0.626. The maximum atomic E-state index is 12.5. The second-order valence-electron chi connectivity index (χ2n) is 26.7. The van der Waals surface area contributed by atoms with Gasteiger partial charge in [0.15, 0.2) is 0 Å². The quantitative estimate of drug-likeness (QED) is 0.0320. The Labute approximate surface area is 532 Å². The van der Waals surface area contributed by atoms with Crippen LogP contribution in [0.2, 0.25) is 0 Å². The molecule has 0 aliphatic heterocycles. The van der Waals surface area contributed by atoms with Gasteiger partial charge in [0, 0.05) is 12.8 Å². The zero-order valence-electron chi connectivity index (χ0n) is 57.6. The lowest BCUT2D eigenvalue weighted by molar-refractivity contribution is -0.143. The van der Waals surface area contributed by atoms with E-state index in [1.165, 1.54) is 353 Å². The molecule has 0 saturated heterocycles. The molecule has 0 aliphatic carbocycles. The van der Waals surface area contributed by atoms with E-state index >= 15 is 0 Å². The molecular weight excluding hydrogens is 1040 g/mol. The highest BCUT2D eigenvalue weighted by Crippen LogP contribution is 2.20. The normalized spacial score (nSPS) is 12.7. The van der Waals surface area contributed by atoms with Gasteiger partial charge in [-0.2, -0.15) is 0 Å². The van der Waals surface area contributed by atoms with Crippen molar-refractivity contribution < 1.29 is 24.5 Å². The van der Waals surface area contributed by atoms with Crippen LogP contribution >= 0.6 is 0 Å². The summed E-state index contributed by atoms with van der Waals surface area (Å²) in [6.07, 6.45) is 96.9. The monoisotopic (exact) mass is 1190 g/mol. The molecule has 0 aromatic carbocycles. The van der Waals surface area contributed by atoms with E-state index in [1.54, 1.807) is 6.08 Å². The summed E-state index contributed by atoms with van der Waals surface area (Å²) < 4.78 is 5.49. The predicted octanol–water partition coefficient (Wildman–Crippen LogP) is 25.4. The number of nitrogens with one attached hydrogen (secondary N) is 1. The first-order valence-electron chi connectivity index (χ1n) is 38.8. The van der Waals surface area contributed by atoms with E-state index in [2.05, 4.69) is 43.5 Å². The number of ether oxygens (including phenoxy) is 1. The minimum absolute atomic E-state index is 0.00630. The standard InChI is InChI=1S/C79H151NO5/c1-3-5-7-9-11-13-15-17-19-20-21-22-32-35-38-41-44-47-51-55-59-63-67-71-77(82)76(75-81)80-78(83)72-68-64-60-56-52-48-45-42-39-36-33-30-28-26-24-23-25-27-29-31-34-37-40-43-46-50-54-58-62-66-70-74-85-79(84)73-69-65-61-57-53-49-18-16-14-12-10-8-6-4-2/h10,12,16,18,67,71,76-77,81-82H,3-9,11,13-15,17,19-66,68-70,72-75H2,1-2H3,(H,80,83)/b12-10-,18-16-,71-67+. The lowest BCUT2D eigenvalue weighted by Gasteiger charge is -2.20. The van der Waals surface area contributed by atoms with Gasteiger partial charge in [-0.1, -0.05) is 397 Å². The molecule has 0 spiro atoms. The predicted molar refractivity (Wildman–Crippen MR) is 375 cm³/mol. The van der Waals surface area contributed by atoms with Crippen molar-refractivity contribution in [3.63, 3.8) is 0 Å². The summed E-state index contributed by atoms with van der Waals surface area (Å²) in [5, 5.41) is 23.3. The zero-order chi connectivity index (χ0) is 61.3. The van der Waals surface area contributed by atoms with E-state index < -0.39 is 12.1 Å². The molecule has 0 rings (SSSR count). The number of hydrogen-bond acceptors (Lipinski definition) is 5. The minimum Gasteiger partial charge on any atom is -0.466 e. The molecule has 6 nitrogen and oxygen atoms in total. The SMILES string of the molecule is CCCC/C=C\C/C=C\CCCCCCCC(=O)OCCCCCCCCCCCCCCCCCCCCCCCCCCCCCCCCCC(=O)NC(CO)C(O)/C=C/CCCCCCCCCCCCCCCCCCCCCCC. The molecule has 3 N–H and O–H groups in total. The lowest BCUT2D eigenvalue weighted by atomic mass is 10.0. The van der Waals surface area contributed by atoms with Crippen molar-refractivity contribution >= 4 is 11.9 Å². The van der Waals surface area contributed by atoms with Crippen molar-refractivity contribution in [2.75, 3.05) is 13.2 Å². The van der Waals surface area contributed by atoms with E-state index in [-0.39, 0.29) is 18.5 Å². The molecule has 0 aliphatic rings. The van der Waals surface area contributed by atoms with Gasteiger partial charge in [-0.25, -0.2) is 0 Å². The Kier molecular flexibility index (Phi) is 72.9. The molecule has 85 heavy (non-hydrogen) atoms. The fraction of sp³-hybridized carbons (Fsp3) is 0.899. The maximum absolute atomic E-state index is 12.5. The average molecular weight is 1200 g/mol. The summed E-state index contributed by atoms with van der Waals surface area (Å²) in [5.74, 6) is -0.0528. The van der Waals surface area contributed by atoms with Crippen LogP contribution in [0, 0.1) is 0 Å². The fourth-order valence-electron chi connectivity index (χ4n) is 12.2. The number of aliphatic hydroxyl groups is 2. The summed E-state index contributed by atoms with van der Waals surface area (Å²) in [6.45, 7) is 4.90. The van der Waals surface area contributed by atoms with Crippen molar-refractivity contribution in [2.24, 2.45) is 0 Å². The van der Waals surface area contributed by atoms with Gasteiger partial charge in [-0.05, 0) is 57.8 Å². The molecule has 1 amide bonds. The van der Waals surface area contributed by atoms with Gasteiger partial charge in [-0.3, -0.25) is 9.59 Å². The van der Waals surface area contributed by atoms with Crippen LogP contribution in [0.5, 0.6) is 0 Å². The molecule has 0 aromatic rings. The molecular formula is C79H151NO5. The van der Waals surface area contributed by atoms with Crippen LogP contribution in [-0.4, -0.2) is 47.4 Å². The van der Waals surface area contributed by atoms with Crippen LogP contribution in [-0.2, 0) is 14.3 Å². The van der Waals surface area contributed by atoms with Crippen LogP contribution in [0.1, 0.15) is 431 Å². The molecule has 0 heterocycles. The second kappa shape index (κ2) is 74.5. The Morgan fingerprint density at radius 2 is 0.600 bits per heavy atom. The smallest absolute Gasteiger partial charge is 0.305 e. The van der Waals surface area contributed by atoms with Gasteiger partial charge in [0.25, 0.3) is 0 Å². The Bertz CT molecular complexity index is 1380. The first-order chi connectivity index (χ1) is 42.0. The number of carbonyl (C=O) groups excluding carboxylic acids is 2. The molecule has 2 atom stereocenters. The van der Waals surface area contributed by atoms with Gasteiger partial charge >= 0.3 is 5.97 Å². The van der Waals surface area contributed by atoms with Gasteiger partial charge in [0.2, 0.25) is 5.91 Å². The van der Waals surface area contributed by atoms with Gasteiger partial charge < -0.3 is 20.3 Å². The molecule has 0 aromatic heterocycles. The molecule has 502 valence electrons. The molecule has 0 fully saturated rings. The van der Waals surface area contributed by atoms with Crippen molar-refractivity contribution in [1.82, 2.24) is 5.32 Å². The number of allylic oxidation sites excluding steroid dienone is 5. The summed E-state index contributed by atoms with van der Waals surface area (Å²) in [5.41, 5.74) is 0. The van der Waals surface area contributed by atoms with E-state index in [0.29, 0.717) is 19.4 Å². The Hall–Kier alpha value is -1.92. The highest BCUT2D eigenvalue weighted by atomic mass is 16.5. The highest BCUT2D eigenvalue weighted by molar-refractivity contribution is 5.76. The number of aliphatic hydroxyl groups excluding tert-OH is 2. The Morgan fingerprint density at radius 1 is 0.329 bits per heavy atom. The van der Waals surface area contributed by atoms with Crippen LogP contribution in [0.15, 0.2) is 36.5 Å². The van der Waals surface area contributed by atoms with E-state index in [4.69, 9.17) is 4.74 Å². The summed E-state index contributed by atoms with van der Waals surface area (Å²) in [7, 11) is 0. The fourth-order valence-corrected chi connectivity index (χ4v) is 12.2. The summed E-state index contributed by atoms with van der Waals surface area (Å²) in [4.78, 5) is 24.6. The third-order valence-corrected chi connectivity index (χ3v) is 18.2. The van der Waals surface area contributed by atoms with Crippen molar-refractivity contribution in [3.8, 4) is 0 Å². The van der Waals surface area contributed by atoms with Crippen molar-refractivity contribution in [3.05, 3.63) is 36.5 Å². The van der Waals surface area contributed by atoms with Crippen LogP contribution in [0.4, 0.5) is 0 Å². The Morgan fingerprint density at radius 3 is 0.929 bits per heavy atom. The molecule has 0 radical (unpaired) electrons. The number of amides is 1. The molecule has 6 heteroatoms. The minimum atomic E-state index is -0.843. The lowest BCUT2D eigenvalue weighted by Crippen LogP contribution is -2.45. The van der Waals surface area contributed by atoms with E-state index in [9.17, 15) is 19.8 Å². The van der Waals surface area contributed by atoms with Crippen LogP contribution < -0.4 is 5.32 Å². The number of unbranched alkanes of at least 4 members (excludes halogenated alkanes) is 58. The molecule has 0 bridgehead atoms. The third kappa shape index (κ3) is 71.0. The number of rotatable bonds is 73. The van der Waals surface area contributed by atoms with Crippen LogP contribution in [0.25, 0.3) is 0 Å². The molecule has 2 unspecified atom stereocenters. The van der Waals surface area contributed by atoms with Crippen molar-refractivity contribution in [2.45, 2.75) is 443 Å². The van der Waals surface area contributed by atoms with Gasteiger partial charge in [-0.15, -0.1) is 0 Å². The third-order valence-electron chi connectivity index (χ3n) is 18.2. The van der Waals surface area contributed by atoms with Crippen molar-refractivity contribution in [1.29, 1.82) is 0 Å². The number of esters is 1. The zero-order valence-corrected chi connectivity index (χ0v) is 57.6. The first kappa shape index (κ1) is 83.1.